The molecular weight excluding hydrogens is 1000 g/mol. The number of rotatable bonds is 12. The first-order valence-electron chi connectivity index (χ1n) is 24.4. The Morgan fingerprint density at radius 2 is 1.46 bits per heavy atom. The first-order chi connectivity index (χ1) is 32.8. The Kier molecular flexibility index (Phi) is 23.7. The second-order valence-corrected chi connectivity index (χ2v) is 20.6. The molecule has 3 aliphatic heterocycles. The number of likely N-dealkylation sites (tertiary alicyclic amines) is 2. The van der Waals surface area contributed by atoms with Crippen LogP contribution < -0.4 is 41.8 Å². The second kappa shape index (κ2) is 28.3. The number of hydrogen-bond acceptors (Lipinski definition) is 13. The smallest absolute Gasteiger partial charge is 0.452 e. The number of likely N-dealkylation sites (N-methyl/N-ethyl adjacent to an activating group) is 2. The minimum atomic E-state index is -1.14. The van der Waals surface area contributed by atoms with E-state index in [1.807, 2.05) is 27.7 Å². The van der Waals surface area contributed by atoms with Gasteiger partial charge >= 0.3 is 22.0 Å². The maximum atomic E-state index is 10.1. The van der Waals surface area contributed by atoms with Crippen LogP contribution in [0, 0.1) is 11.8 Å². The van der Waals surface area contributed by atoms with Crippen molar-refractivity contribution < 1.29 is 47.7 Å². The van der Waals surface area contributed by atoms with Crippen molar-refractivity contribution in [3.05, 3.63) is 77.1 Å². The highest BCUT2D eigenvalue weighted by molar-refractivity contribution is 7.59. The summed E-state index contributed by atoms with van der Waals surface area (Å²) in [5, 5.41) is 6.65. The van der Waals surface area contributed by atoms with E-state index in [1.54, 1.807) is 18.2 Å². The summed E-state index contributed by atoms with van der Waals surface area (Å²) in [6, 6.07) is 22.1. The van der Waals surface area contributed by atoms with Crippen LogP contribution in [-0.4, -0.2) is 118 Å². The molecule has 2 aliphatic carbocycles. The number of benzene rings is 3. The van der Waals surface area contributed by atoms with Gasteiger partial charge in [-0.05, 0) is 154 Å². The van der Waals surface area contributed by atoms with Crippen LogP contribution in [0.1, 0.15) is 120 Å². The molecule has 0 radical (unpaired) electrons. The number of fused-ring (bicyclic) bond motifs is 3. The average molecular weight is 1080 g/mol. The maximum absolute atomic E-state index is 10.1. The van der Waals surface area contributed by atoms with Crippen molar-refractivity contribution in [2.75, 3.05) is 55.0 Å². The summed E-state index contributed by atoms with van der Waals surface area (Å²) in [6.45, 7) is 11.4. The molecule has 0 amide bonds. The number of H-pyrrole nitrogens is 1. The van der Waals surface area contributed by atoms with Crippen molar-refractivity contribution in [2.24, 2.45) is 22.6 Å². The van der Waals surface area contributed by atoms with Gasteiger partial charge < -0.3 is 39.1 Å². The van der Waals surface area contributed by atoms with E-state index in [0.717, 1.165) is 37.0 Å². The Balaban J connectivity index is 0.000000362. The molecule has 5 atom stereocenters. The first kappa shape index (κ1) is 57.8. The Morgan fingerprint density at radius 1 is 0.855 bits per heavy atom. The Hall–Kier alpha value is -3.75. The van der Waals surface area contributed by atoms with E-state index in [0.29, 0.717) is 29.9 Å². The molecular formula is C53H79IN8O6S. The monoisotopic (exact) mass is 1080 g/mol. The number of carbonyl (C=O) groups is 3. The molecule has 1 saturated carbocycles. The molecule has 3 fully saturated rings. The highest BCUT2D eigenvalue weighted by Crippen LogP contribution is 2.55. The predicted molar refractivity (Wildman–Crippen MR) is 277 cm³/mol. The van der Waals surface area contributed by atoms with Crippen LogP contribution in [0.3, 0.4) is 0 Å². The lowest BCUT2D eigenvalue weighted by Crippen LogP contribution is -3.69. The van der Waals surface area contributed by atoms with Crippen molar-refractivity contribution in [2.45, 2.75) is 128 Å². The fourth-order valence-electron chi connectivity index (χ4n) is 10.4. The van der Waals surface area contributed by atoms with Crippen molar-refractivity contribution in [3.63, 3.8) is 0 Å². The van der Waals surface area contributed by atoms with Crippen molar-refractivity contribution in [1.82, 2.24) is 30.4 Å². The Bertz CT molecular complexity index is 2250. The summed E-state index contributed by atoms with van der Waals surface area (Å²) in [4.78, 5) is 47.5. The molecule has 69 heavy (non-hydrogen) atoms. The molecule has 16 heteroatoms. The molecule has 1 spiro atoms. The van der Waals surface area contributed by atoms with Gasteiger partial charge in [-0.1, -0.05) is 83.0 Å². The summed E-state index contributed by atoms with van der Waals surface area (Å²) in [6.07, 6.45) is 14.4. The van der Waals surface area contributed by atoms with Crippen molar-refractivity contribution in [1.29, 1.82) is 0 Å². The maximum Gasteiger partial charge on any atom is 0.452 e. The van der Waals surface area contributed by atoms with E-state index >= 15 is 0 Å². The largest absolute Gasteiger partial charge is 0.567 e. The number of aldehydes is 2. The van der Waals surface area contributed by atoms with E-state index in [9.17, 15) is 13.0 Å². The zero-order valence-electron chi connectivity index (χ0n) is 42.4. The Morgan fingerprint density at radius 3 is 1.96 bits per heavy atom. The molecule has 3 aromatic carbocycles. The normalized spacial score (nSPS) is 20.9. The molecule has 2 saturated heterocycles. The molecule has 380 valence electrons. The number of nitrogens with zero attached hydrogens (tertiary/aromatic N) is 4. The fourth-order valence-corrected chi connectivity index (χ4v) is 10.4. The number of methoxy groups -OCH3 is 1. The third-order valence-electron chi connectivity index (χ3n) is 14.4. The molecule has 5 N–H and O–H groups in total. The number of hydrogen-bond donors (Lipinski definition) is 4. The summed E-state index contributed by atoms with van der Waals surface area (Å²) >= 11 is -1.14. The number of nitrogens with one attached hydrogen (secondary N) is 3. The van der Waals surface area contributed by atoms with Gasteiger partial charge in [-0.3, -0.25) is 19.6 Å². The summed E-state index contributed by atoms with van der Waals surface area (Å²) in [7, 11) is 8.97. The molecule has 0 bridgehead atoms. The van der Waals surface area contributed by atoms with E-state index in [2.05, 4.69) is 102 Å². The number of aromatic amines is 1. The van der Waals surface area contributed by atoms with Crippen LogP contribution in [0.15, 0.2) is 59.6 Å². The van der Waals surface area contributed by atoms with E-state index < -0.39 is 22.0 Å². The number of aromatic nitrogens is 2. The van der Waals surface area contributed by atoms with Gasteiger partial charge in [-0.15, -0.1) is 0 Å². The summed E-state index contributed by atoms with van der Waals surface area (Å²) in [5.74, 6) is 2.99. The van der Waals surface area contributed by atoms with Gasteiger partial charge in [0, 0.05) is 0 Å². The van der Waals surface area contributed by atoms with Crippen molar-refractivity contribution in [3.8, 4) is 22.3 Å². The quantitative estimate of drug-likeness (QED) is 0.118. The SMILES string of the molecule is CC(C)C(N)C=O.CN1CCCC1C1=NCC(c2ccc(-c3ccc(-c4ccc5nc(C6CCCN6C)[nH]c5c4)c4c3CCC43CCCC3)cc2)N1.CNC(C=O)C(C)C.COC=O.CO[I+][O-].S. The number of halogens is 1. The van der Waals surface area contributed by atoms with Crippen LogP contribution in [0.2, 0.25) is 0 Å². The number of amidine groups is 1. The van der Waals surface area contributed by atoms with Gasteiger partial charge in [-0.2, -0.15) is 16.6 Å². The van der Waals surface area contributed by atoms with Crippen LogP contribution in [0.5, 0.6) is 0 Å². The summed E-state index contributed by atoms with van der Waals surface area (Å²) < 4.78 is 17.1. The van der Waals surface area contributed by atoms with Gasteiger partial charge in [0.05, 0.1) is 62.0 Å². The van der Waals surface area contributed by atoms with Crippen LogP contribution in [0.4, 0.5) is 0 Å². The number of aliphatic imine (C=N–C) groups is 1. The lowest BCUT2D eigenvalue weighted by Gasteiger charge is -2.28. The van der Waals surface area contributed by atoms with Gasteiger partial charge in [0.1, 0.15) is 24.2 Å². The fraction of sp³-hybridized carbons (Fsp3) is 0.566. The van der Waals surface area contributed by atoms with E-state index in [-0.39, 0.29) is 37.5 Å². The zero-order chi connectivity index (χ0) is 49.4. The molecule has 4 heterocycles. The standard InChI is InChI=1S/C39H46N6.C6H13NO.C5H11NO.C2H4O2.CH3IO2.H2S/c1-44-21-5-7-34(44)37-40-24-33(43-37)26-11-9-25(10-12-26)28-14-15-29(36-30(28)17-20-39(36)18-3-4-19-39)27-13-16-31-32(23-27)42-38(41-31)35-8-6-22-45(35)2;1-5(2)6(4-8)7-3;1-4(2)5(6)3-7;2*1-4-2-3;/h9-16,23,33-35H,3-8,17-22,24H2,1-2H3,(H,40,43)(H,41,42);4-7H,1-3H3;3-5H,6H2,1-2H3;2H,1H3;1H3;1H2. The lowest BCUT2D eigenvalue weighted by molar-refractivity contribution is -1.27. The van der Waals surface area contributed by atoms with Gasteiger partial charge in [0.15, 0.2) is 0 Å². The Labute approximate surface area is 429 Å². The van der Waals surface area contributed by atoms with Crippen LogP contribution in [0.25, 0.3) is 33.3 Å². The van der Waals surface area contributed by atoms with Gasteiger partial charge in [0.2, 0.25) is 0 Å². The minimum Gasteiger partial charge on any atom is -0.567 e. The first-order valence-corrected chi connectivity index (χ1v) is 26.1. The molecule has 9 rings (SSSR count). The minimum absolute atomic E-state index is 0. The van der Waals surface area contributed by atoms with Crippen LogP contribution >= 0.6 is 13.5 Å². The molecule has 14 nitrogen and oxygen atoms in total. The second-order valence-electron chi connectivity index (χ2n) is 19.4. The van der Waals surface area contributed by atoms with Crippen LogP contribution in [-0.2, 0) is 34.0 Å². The van der Waals surface area contributed by atoms with Gasteiger partial charge in [-0.25, -0.2) is 4.98 Å². The lowest BCUT2D eigenvalue weighted by atomic mass is 9.76. The number of ether oxygens (including phenoxy) is 1. The third kappa shape index (κ3) is 14.7. The molecule has 5 aliphatic rings. The topological polar surface area (TPSA) is 190 Å². The third-order valence-corrected chi connectivity index (χ3v) is 14.8. The average Bonchev–Trinajstić information content (AvgIpc) is 4.24. The highest BCUT2D eigenvalue weighted by atomic mass is 127. The highest BCUT2D eigenvalue weighted by Gasteiger charge is 2.43. The van der Waals surface area contributed by atoms with E-state index in [4.69, 9.17) is 20.5 Å². The van der Waals surface area contributed by atoms with Gasteiger partial charge in [0.25, 0.3) is 6.47 Å². The number of imidazole rings is 1. The number of nitrogens with two attached hydrogens (primary N) is 1. The predicted octanol–water partition coefficient (Wildman–Crippen LogP) is 3.97. The zero-order valence-corrected chi connectivity index (χ0v) is 45.5. The van der Waals surface area contributed by atoms with Crippen molar-refractivity contribution >= 4 is 49.4 Å². The van der Waals surface area contributed by atoms with E-state index in [1.165, 1.54) is 124 Å². The summed E-state index contributed by atoms with van der Waals surface area (Å²) in [5.41, 5.74) is 18.0. The number of carbonyl (C=O) groups excluding carboxylic acids is 3. The molecule has 1 aromatic heterocycles. The molecule has 4 aromatic rings. The molecule has 5 unspecified atom stereocenters.